The summed E-state index contributed by atoms with van der Waals surface area (Å²) < 4.78 is 27.5. The van der Waals surface area contributed by atoms with Crippen LogP contribution in [0.25, 0.3) is 0 Å². The zero-order chi connectivity index (χ0) is 28.3. The summed E-state index contributed by atoms with van der Waals surface area (Å²) in [6.07, 6.45) is 0. The second-order valence-electron chi connectivity index (χ2n) is 10.3. The topological polar surface area (TPSA) is 69.3 Å². The van der Waals surface area contributed by atoms with Crippen LogP contribution in [0.4, 0.5) is 10.1 Å². The minimum atomic E-state index is -0.393. The molecule has 0 saturated carbocycles. The van der Waals surface area contributed by atoms with Crippen molar-refractivity contribution in [2.24, 2.45) is 0 Å². The molecule has 204 valence electrons. The fourth-order valence-corrected chi connectivity index (χ4v) is 4.72. The van der Waals surface area contributed by atoms with Gasteiger partial charge in [0.25, 0.3) is 5.91 Å². The number of benzene rings is 3. The van der Waals surface area contributed by atoms with Crippen LogP contribution < -0.4 is 10.1 Å². The third-order valence-corrected chi connectivity index (χ3v) is 7.24. The van der Waals surface area contributed by atoms with E-state index in [2.05, 4.69) is 60.7 Å². The molecule has 0 spiro atoms. The van der Waals surface area contributed by atoms with Crippen molar-refractivity contribution < 1.29 is 18.3 Å². The fraction of sp³-hybridized carbons (Fsp3) is 0.212. The predicted octanol–water partition coefficient (Wildman–Crippen LogP) is 7.44. The molecule has 40 heavy (non-hydrogen) atoms. The molecule has 2 heterocycles. The number of aryl methyl sites for hydroxylation is 1. The molecule has 6 nitrogen and oxygen atoms in total. The first-order valence-corrected chi connectivity index (χ1v) is 13.2. The zero-order valence-corrected chi connectivity index (χ0v) is 23.1. The Morgan fingerprint density at radius 2 is 1.60 bits per heavy atom. The Hall–Kier alpha value is -4.65. The lowest BCUT2D eigenvalue weighted by atomic mass is 9.78. The molecule has 5 rings (SSSR count). The highest BCUT2D eigenvalue weighted by Crippen LogP contribution is 2.32. The number of carbonyl (C=O) groups excluding carboxylic acids is 1. The van der Waals surface area contributed by atoms with Crippen LogP contribution >= 0.6 is 0 Å². The van der Waals surface area contributed by atoms with Crippen molar-refractivity contribution in [1.29, 1.82) is 0 Å². The van der Waals surface area contributed by atoms with E-state index in [-0.39, 0.29) is 30.1 Å². The molecule has 0 aliphatic carbocycles. The van der Waals surface area contributed by atoms with Crippen molar-refractivity contribution in [3.63, 3.8) is 0 Å². The third-order valence-electron chi connectivity index (χ3n) is 7.24. The maximum atomic E-state index is 14.1. The lowest BCUT2D eigenvalue weighted by Crippen LogP contribution is -2.18. The van der Waals surface area contributed by atoms with Crippen LogP contribution in [0.15, 0.2) is 95.4 Å². The summed E-state index contributed by atoms with van der Waals surface area (Å²) in [7, 11) is 0. The van der Waals surface area contributed by atoms with Crippen molar-refractivity contribution in [1.82, 2.24) is 9.78 Å². The molecule has 7 heteroatoms. The molecule has 0 atom stereocenters. The first-order valence-electron chi connectivity index (χ1n) is 13.2. The normalized spacial score (nSPS) is 11.4. The second kappa shape index (κ2) is 11.2. The number of amides is 1. The van der Waals surface area contributed by atoms with Gasteiger partial charge in [0.1, 0.15) is 23.9 Å². The minimum Gasteiger partial charge on any atom is -0.486 e. The summed E-state index contributed by atoms with van der Waals surface area (Å²) in [4.78, 5) is 12.9. The molecule has 0 radical (unpaired) electrons. The lowest BCUT2D eigenvalue weighted by Gasteiger charge is -2.26. The van der Waals surface area contributed by atoms with Gasteiger partial charge in [-0.2, -0.15) is 5.10 Å². The summed E-state index contributed by atoms with van der Waals surface area (Å²) in [5.41, 5.74) is 4.76. The number of hydrogen-bond donors (Lipinski definition) is 1. The van der Waals surface area contributed by atoms with E-state index < -0.39 is 5.91 Å². The van der Waals surface area contributed by atoms with E-state index in [1.807, 2.05) is 25.1 Å². The molecule has 2 aromatic heterocycles. The van der Waals surface area contributed by atoms with Gasteiger partial charge in [-0.3, -0.25) is 9.48 Å². The maximum absolute atomic E-state index is 14.1. The first-order chi connectivity index (χ1) is 19.2. The van der Waals surface area contributed by atoms with E-state index in [0.29, 0.717) is 28.5 Å². The number of anilines is 1. The number of carbonyl (C=O) groups is 1. The molecular formula is C33H32FN3O3. The van der Waals surface area contributed by atoms with E-state index >= 15 is 0 Å². The van der Waals surface area contributed by atoms with Crippen LogP contribution in [0, 0.1) is 19.7 Å². The fourth-order valence-electron chi connectivity index (χ4n) is 4.72. The van der Waals surface area contributed by atoms with Gasteiger partial charge >= 0.3 is 0 Å². The molecule has 0 fully saturated rings. The van der Waals surface area contributed by atoms with Crippen LogP contribution in [0.5, 0.6) is 5.75 Å². The third kappa shape index (κ3) is 5.69. The monoisotopic (exact) mass is 537 g/mol. The Labute approximate surface area is 233 Å². The van der Waals surface area contributed by atoms with Crippen molar-refractivity contribution in [2.75, 3.05) is 5.32 Å². The van der Waals surface area contributed by atoms with Gasteiger partial charge in [-0.25, -0.2) is 4.39 Å². The van der Waals surface area contributed by atoms with Gasteiger partial charge < -0.3 is 14.5 Å². The van der Waals surface area contributed by atoms with E-state index in [1.165, 1.54) is 17.2 Å². The van der Waals surface area contributed by atoms with Crippen LogP contribution in [-0.4, -0.2) is 15.7 Å². The van der Waals surface area contributed by atoms with E-state index in [0.717, 1.165) is 5.69 Å². The van der Waals surface area contributed by atoms with E-state index in [4.69, 9.17) is 9.15 Å². The number of nitrogens with one attached hydrogen (secondary N) is 1. The van der Waals surface area contributed by atoms with Gasteiger partial charge in [-0.15, -0.1) is 0 Å². The quantitative estimate of drug-likeness (QED) is 0.212. The Balaban J connectivity index is 1.20. The van der Waals surface area contributed by atoms with Gasteiger partial charge in [0.15, 0.2) is 5.76 Å². The van der Waals surface area contributed by atoms with Crippen LogP contribution in [0.3, 0.4) is 0 Å². The van der Waals surface area contributed by atoms with Crippen molar-refractivity contribution >= 4 is 11.6 Å². The first kappa shape index (κ1) is 26.9. The molecule has 0 saturated heterocycles. The smallest absolute Gasteiger partial charge is 0.291 e. The lowest BCUT2D eigenvalue weighted by molar-refractivity contribution is 0.0992. The number of halogens is 1. The summed E-state index contributed by atoms with van der Waals surface area (Å²) in [6.45, 7) is 8.49. The summed E-state index contributed by atoms with van der Waals surface area (Å²) in [5, 5.41) is 7.37. The van der Waals surface area contributed by atoms with Crippen LogP contribution in [0.2, 0.25) is 0 Å². The molecule has 5 aromatic rings. The minimum absolute atomic E-state index is 0.131. The molecule has 1 N–H and O–H groups in total. The van der Waals surface area contributed by atoms with Crippen molar-refractivity contribution in [2.45, 2.75) is 46.3 Å². The van der Waals surface area contributed by atoms with Gasteiger partial charge in [-0.05, 0) is 55.3 Å². The second-order valence-corrected chi connectivity index (χ2v) is 10.3. The molecule has 0 aliphatic rings. The van der Waals surface area contributed by atoms with E-state index in [9.17, 15) is 9.18 Å². The number of aromatic nitrogens is 2. The highest BCUT2D eigenvalue weighted by atomic mass is 19.1. The summed E-state index contributed by atoms with van der Waals surface area (Å²) >= 11 is 0. The van der Waals surface area contributed by atoms with Crippen molar-refractivity contribution in [3.05, 3.63) is 136 Å². The van der Waals surface area contributed by atoms with Crippen molar-refractivity contribution in [3.8, 4) is 5.75 Å². The largest absolute Gasteiger partial charge is 0.486 e. The summed E-state index contributed by atoms with van der Waals surface area (Å²) in [6, 6.07) is 28.3. The molecule has 3 aromatic carbocycles. The molecule has 0 unspecified atom stereocenters. The van der Waals surface area contributed by atoms with Gasteiger partial charge in [0.05, 0.1) is 23.6 Å². The molecule has 0 aliphatic heterocycles. The van der Waals surface area contributed by atoms with Gasteiger partial charge in [0.2, 0.25) is 0 Å². The highest BCUT2D eigenvalue weighted by Gasteiger charge is 2.23. The average Bonchev–Trinajstić information content (AvgIpc) is 3.54. The van der Waals surface area contributed by atoms with Gasteiger partial charge in [0, 0.05) is 11.0 Å². The SMILES string of the molecule is Cc1nn(Cc2ccccc2F)c(C)c1NC(=O)c1ccc(COc2ccc(C(C)(C)c3ccccc3)cc2)o1. The molecular weight excluding hydrogens is 505 g/mol. The van der Waals surface area contributed by atoms with Crippen LogP contribution in [0.1, 0.15) is 58.2 Å². The Morgan fingerprint density at radius 3 is 2.33 bits per heavy atom. The number of ether oxygens (including phenoxy) is 1. The molecule has 1 amide bonds. The average molecular weight is 538 g/mol. The number of rotatable bonds is 9. The number of nitrogens with zero attached hydrogens (tertiary/aromatic N) is 2. The van der Waals surface area contributed by atoms with Crippen LogP contribution in [-0.2, 0) is 18.6 Å². The number of hydrogen-bond acceptors (Lipinski definition) is 4. The standard InChI is InChI=1S/C33H32FN3O3/c1-22-31(23(2)37(36-22)20-24-10-8-9-13-29(24)34)35-32(38)30-19-18-28(40-30)21-39-27-16-14-26(15-17-27)33(3,4)25-11-6-5-7-12-25/h5-19H,20-21H2,1-4H3,(H,35,38). The Morgan fingerprint density at radius 1 is 0.925 bits per heavy atom. The Bertz CT molecular complexity index is 1620. The number of furan rings is 1. The Kier molecular flexibility index (Phi) is 7.56. The highest BCUT2D eigenvalue weighted by molar-refractivity contribution is 6.02. The zero-order valence-electron chi connectivity index (χ0n) is 23.1. The summed E-state index contributed by atoms with van der Waals surface area (Å²) in [5.74, 6) is 0.721. The molecule has 0 bridgehead atoms. The predicted molar refractivity (Wildman–Crippen MR) is 153 cm³/mol. The van der Waals surface area contributed by atoms with Gasteiger partial charge in [-0.1, -0.05) is 74.5 Å². The maximum Gasteiger partial charge on any atom is 0.291 e. The van der Waals surface area contributed by atoms with E-state index in [1.54, 1.807) is 41.9 Å².